The van der Waals surface area contributed by atoms with E-state index in [2.05, 4.69) is 58.7 Å². The first-order valence-corrected chi connectivity index (χ1v) is 11.7. The average molecular weight is 438 g/mol. The van der Waals surface area contributed by atoms with Crippen LogP contribution in [0.25, 0.3) is 0 Å². The molecule has 32 heavy (non-hydrogen) atoms. The Morgan fingerprint density at radius 2 is 1.78 bits per heavy atom. The summed E-state index contributed by atoms with van der Waals surface area (Å²) in [5, 5.41) is 6.30. The molecule has 0 bridgehead atoms. The summed E-state index contributed by atoms with van der Waals surface area (Å²) in [6, 6.07) is 6.05. The van der Waals surface area contributed by atoms with Gasteiger partial charge in [0.25, 0.3) is 5.91 Å². The van der Waals surface area contributed by atoms with Crippen LogP contribution in [-0.2, 0) is 0 Å². The Bertz CT molecular complexity index is 1040. The SMILES string of the molecule is CCC(C)c1cc(C(C)C)cc(C(C)C)c1C1=NN(C(=O)c2ccncc2F)C(C)(C)C1. The van der Waals surface area contributed by atoms with Crippen LogP contribution in [-0.4, -0.2) is 27.2 Å². The van der Waals surface area contributed by atoms with E-state index in [1.165, 1.54) is 34.0 Å². The van der Waals surface area contributed by atoms with Gasteiger partial charge in [-0.3, -0.25) is 9.78 Å². The number of nitrogens with zero attached hydrogens (tertiary/aromatic N) is 3. The highest BCUT2D eigenvalue weighted by molar-refractivity contribution is 6.07. The van der Waals surface area contributed by atoms with Crippen LogP contribution in [0.15, 0.2) is 35.7 Å². The van der Waals surface area contributed by atoms with Gasteiger partial charge in [0.05, 0.1) is 23.0 Å². The van der Waals surface area contributed by atoms with E-state index in [0.717, 1.165) is 23.9 Å². The summed E-state index contributed by atoms with van der Waals surface area (Å²) in [6.07, 6.45) is 4.15. The lowest BCUT2D eigenvalue weighted by Gasteiger charge is -2.28. The number of pyridine rings is 1. The Kier molecular flexibility index (Phi) is 6.87. The van der Waals surface area contributed by atoms with Gasteiger partial charge in [-0.05, 0) is 60.8 Å². The highest BCUT2D eigenvalue weighted by Crippen LogP contribution is 2.39. The number of hydrogen-bond donors (Lipinski definition) is 0. The predicted octanol–water partition coefficient (Wildman–Crippen LogP) is 7.01. The van der Waals surface area contributed by atoms with E-state index in [0.29, 0.717) is 24.2 Å². The first kappa shape index (κ1) is 24.1. The van der Waals surface area contributed by atoms with Crippen LogP contribution in [0.4, 0.5) is 4.39 Å². The fourth-order valence-electron chi connectivity index (χ4n) is 4.34. The third-order valence-corrected chi connectivity index (χ3v) is 6.53. The van der Waals surface area contributed by atoms with Crippen LogP contribution in [0.5, 0.6) is 0 Å². The highest BCUT2D eigenvalue weighted by Gasteiger charge is 2.41. The second-order valence-corrected chi connectivity index (χ2v) is 10.2. The molecule has 172 valence electrons. The van der Waals surface area contributed by atoms with Crippen molar-refractivity contribution in [2.24, 2.45) is 5.10 Å². The van der Waals surface area contributed by atoms with Crippen molar-refractivity contribution in [2.45, 2.75) is 91.5 Å². The van der Waals surface area contributed by atoms with Crippen molar-refractivity contribution in [2.75, 3.05) is 0 Å². The largest absolute Gasteiger partial charge is 0.277 e. The van der Waals surface area contributed by atoms with Crippen LogP contribution in [0, 0.1) is 5.82 Å². The molecule has 3 rings (SSSR count). The minimum atomic E-state index is -0.624. The van der Waals surface area contributed by atoms with Gasteiger partial charge in [-0.25, -0.2) is 9.40 Å². The van der Waals surface area contributed by atoms with Crippen LogP contribution in [0.1, 0.15) is 119 Å². The molecule has 1 aromatic carbocycles. The van der Waals surface area contributed by atoms with Gasteiger partial charge in [-0.15, -0.1) is 0 Å². The Labute approximate surface area is 191 Å². The van der Waals surface area contributed by atoms with E-state index >= 15 is 0 Å². The molecule has 2 aromatic rings. The zero-order chi connectivity index (χ0) is 23.8. The molecule has 1 aliphatic rings. The standard InChI is InChI=1S/C27H36FN3O/c1-9-18(6)22-13-19(16(2)3)12-21(17(4)5)25(22)24-14-27(7,8)31(30-24)26(32)20-10-11-29-15-23(20)28/h10-13,15-18H,9,14H2,1-8H3. The minimum Gasteiger partial charge on any atom is -0.267 e. The molecule has 0 aliphatic carbocycles. The summed E-state index contributed by atoms with van der Waals surface area (Å²) in [4.78, 5) is 17.0. The number of hydrazone groups is 1. The normalized spacial score (nSPS) is 16.6. The summed E-state index contributed by atoms with van der Waals surface area (Å²) in [7, 11) is 0. The first-order valence-electron chi connectivity index (χ1n) is 11.7. The van der Waals surface area contributed by atoms with E-state index in [-0.39, 0.29) is 5.56 Å². The quantitative estimate of drug-likeness (QED) is 0.488. The van der Waals surface area contributed by atoms with Crippen molar-refractivity contribution in [3.63, 3.8) is 0 Å². The maximum atomic E-state index is 14.3. The third-order valence-electron chi connectivity index (χ3n) is 6.53. The fourth-order valence-corrected chi connectivity index (χ4v) is 4.34. The molecule has 4 nitrogen and oxygen atoms in total. The smallest absolute Gasteiger partial charge is 0.267 e. The topological polar surface area (TPSA) is 45.6 Å². The highest BCUT2D eigenvalue weighted by atomic mass is 19.1. The van der Waals surface area contributed by atoms with Crippen molar-refractivity contribution >= 4 is 11.6 Å². The maximum absolute atomic E-state index is 14.3. The van der Waals surface area contributed by atoms with Crippen molar-refractivity contribution in [3.05, 3.63) is 64.2 Å². The van der Waals surface area contributed by atoms with Crippen LogP contribution in [0.3, 0.4) is 0 Å². The van der Waals surface area contributed by atoms with Gasteiger partial charge in [-0.1, -0.05) is 53.7 Å². The van der Waals surface area contributed by atoms with Crippen molar-refractivity contribution in [1.82, 2.24) is 9.99 Å². The lowest BCUT2D eigenvalue weighted by molar-refractivity contribution is 0.0607. The van der Waals surface area contributed by atoms with E-state index in [4.69, 9.17) is 5.10 Å². The molecule has 1 unspecified atom stereocenters. The molecule has 5 heteroatoms. The van der Waals surface area contributed by atoms with Gasteiger partial charge in [-0.2, -0.15) is 5.10 Å². The van der Waals surface area contributed by atoms with Gasteiger partial charge >= 0.3 is 0 Å². The number of amides is 1. The number of carbonyl (C=O) groups is 1. The predicted molar refractivity (Wildman–Crippen MR) is 129 cm³/mol. The molecule has 0 radical (unpaired) electrons. The molecule has 0 fully saturated rings. The Morgan fingerprint density at radius 3 is 2.34 bits per heavy atom. The average Bonchev–Trinajstić information content (AvgIpc) is 3.06. The zero-order valence-electron chi connectivity index (χ0n) is 20.7. The molecular weight excluding hydrogens is 401 g/mol. The Morgan fingerprint density at radius 1 is 1.12 bits per heavy atom. The van der Waals surface area contributed by atoms with Crippen LogP contribution < -0.4 is 0 Å². The Hall–Kier alpha value is -2.56. The molecule has 1 atom stereocenters. The monoisotopic (exact) mass is 437 g/mol. The first-order chi connectivity index (χ1) is 15.0. The number of carbonyl (C=O) groups excluding carboxylic acids is 1. The summed E-state index contributed by atoms with van der Waals surface area (Å²) in [5.74, 6) is 0.0643. The summed E-state index contributed by atoms with van der Waals surface area (Å²) in [6.45, 7) is 17.3. The molecule has 0 spiro atoms. The van der Waals surface area contributed by atoms with Gasteiger partial charge in [0.2, 0.25) is 0 Å². The second-order valence-electron chi connectivity index (χ2n) is 10.2. The van der Waals surface area contributed by atoms with Gasteiger partial charge in [0.15, 0.2) is 5.82 Å². The number of rotatable bonds is 6. The van der Waals surface area contributed by atoms with Gasteiger partial charge < -0.3 is 0 Å². The van der Waals surface area contributed by atoms with Crippen molar-refractivity contribution in [1.29, 1.82) is 0 Å². The van der Waals surface area contributed by atoms with E-state index in [9.17, 15) is 9.18 Å². The fraction of sp³-hybridized carbons (Fsp3) is 0.519. The molecule has 1 aliphatic heterocycles. The van der Waals surface area contributed by atoms with Gasteiger partial charge in [0.1, 0.15) is 0 Å². The number of benzene rings is 1. The molecular formula is C27H36FN3O. The minimum absolute atomic E-state index is 0.000497. The number of halogens is 1. The van der Waals surface area contributed by atoms with Crippen molar-refractivity contribution < 1.29 is 9.18 Å². The van der Waals surface area contributed by atoms with Crippen LogP contribution >= 0.6 is 0 Å². The third kappa shape index (κ3) is 4.48. The summed E-state index contributed by atoms with van der Waals surface area (Å²) >= 11 is 0. The Balaban J connectivity index is 2.19. The van der Waals surface area contributed by atoms with E-state index in [1.54, 1.807) is 0 Å². The molecule has 1 aromatic heterocycles. The van der Waals surface area contributed by atoms with Crippen LogP contribution in [0.2, 0.25) is 0 Å². The zero-order valence-corrected chi connectivity index (χ0v) is 20.7. The molecule has 1 amide bonds. The molecule has 0 N–H and O–H groups in total. The molecule has 2 heterocycles. The molecule has 0 saturated carbocycles. The maximum Gasteiger partial charge on any atom is 0.277 e. The van der Waals surface area contributed by atoms with E-state index < -0.39 is 17.3 Å². The lowest BCUT2D eigenvalue weighted by Crippen LogP contribution is -2.41. The van der Waals surface area contributed by atoms with Crippen molar-refractivity contribution in [3.8, 4) is 0 Å². The number of aromatic nitrogens is 1. The summed E-state index contributed by atoms with van der Waals surface area (Å²) < 4.78 is 14.3. The van der Waals surface area contributed by atoms with E-state index in [1.807, 2.05) is 13.8 Å². The molecule has 0 saturated heterocycles. The second kappa shape index (κ2) is 9.13. The van der Waals surface area contributed by atoms with Gasteiger partial charge in [0, 0.05) is 18.2 Å². The summed E-state index contributed by atoms with van der Waals surface area (Å²) in [5.41, 5.74) is 5.41. The number of hydrogen-bond acceptors (Lipinski definition) is 3. The lowest BCUT2D eigenvalue weighted by atomic mass is 9.80.